The Balaban J connectivity index is 2.33. The number of nitro groups is 1. The van der Waals surface area contributed by atoms with E-state index in [1.165, 1.54) is 23.5 Å². The summed E-state index contributed by atoms with van der Waals surface area (Å²) in [5.74, 6) is -0.397. The number of carbonyl (C=O) groups excluding carboxylic acids is 1. The van der Waals surface area contributed by atoms with Crippen molar-refractivity contribution in [2.45, 2.75) is 6.92 Å². The number of carbonyl (C=O) groups is 1. The highest BCUT2D eigenvalue weighted by Gasteiger charge is 2.19. The number of halogens is 2. The van der Waals surface area contributed by atoms with E-state index in [1.807, 2.05) is 0 Å². The van der Waals surface area contributed by atoms with Gasteiger partial charge in [0.2, 0.25) is 0 Å². The highest BCUT2D eigenvalue weighted by Crippen LogP contribution is 2.33. The van der Waals surface area contributed by atoms with Gasteiger partial charge in [0.25, 0.3) is 11.6 Å². The standard InChI is InChI=1S/C12H8Br2N2O3S/c1-6-2-3-8(9(4-6)16(18)19)15-12(17)7-5-10(13)20-11(7)14/h2-5H,1H3,(H,15,17). The molecule has 2 rings (SSSR count). The van der Waals surface area contributed by atoms with Gasteiger partial charge < -0.3 is 5.32 Å². The van der Waals surface area contributed by atoms with E-state index in [4.69, 9.17) is 0 Å². The molecule has 1 aromatic carbocycles. The molecule has 0 bridgehead atoms. The van der Waals surface area contributed by atoms with E-state index in [2.05, 4.69) is 37.2 Å². The molecular formula is C12H8Br2N2O3S. The first-order valence-electron chi connectivity index (χ1n) is 5.39. The molecule has 0 unspecified atom stereocenters. The summed E-state index contributed by atoms with van der Waals surface area (Å²) in [4.78, 5) is 22.6. The lowest BCUT2D eigenvalue weighted by atomic mass is 10.2. The smallest absolute Gasteiger partial charge is 0.293 e. The Morgan fingerprint density at radius 1 is 1.35 bits per heavy atom. The molecule has 0 atom stereocenters. The summed E-state index contributed by atoms with van der Waals surface area (Å²) in [5, 5.41) is 13.6. The predicted octanol–water partition coefficient (Wildman–Crippen LogP) is 4.74. The van der Waals surface area contributed by atoms with E-state index in [0.29, 0.717) is 9.35 Å². The number of thiophene rings is 1. The largest absolute Gasteiger partial charge is 0.316 e. The van der Waals surface area contributed by atoms with Gasteiger partial charge in [-0.3, -0.25) is 14.9 Å². The van der Waals surface area contributed by atoms with Gasteiger partial charge in [-0.2, -0.15) is 0 Å². The third kappa shape index (κ3) is 3.25. The summed E-state index contributed by atoms with van der Waals surface area (Å²) in [6.07, 6.45) is 0. The highest BCUT2D eigenvalue weighted by molar-refractivity contribution is 9.12. The van der Waals surface area contributed by atoms with Gasteiger partial charge in [-0.1, -0.05) is 6.07 Å². The van der Waals surface area contributed by atoms with Crippen LogP contribution in [0.2, 0.25) is 0 Å². The molecule has 8 heteroatoms. The number of benzene rings is 1. The summed E-state index contributed by atoms with van der Waals surface area (Å²) in [6, 6.07) is 6.32. The van der Waals surface area contributed by atoms with Crippen LogP contribution in [-0.4, -0.2) is 10.8 Å². The Labute approximate surface area is 135 Å². The summed E-state index contributed by atoms with van der Waals surface area (Å²) in [7, 11) is 0. The lowest BCUT2D eigenvalue weighted by molar-refractivity contribution is -0.384. The van der Waals surface area contributed by atoms with Crippen molar-refractivity contribution in [3.63, 3.8) is 0 Å². The van der Waals surface area contributed by atoms with Gasteiger partial charge in [0.1, 0.15) is 5.69 Å². The van der Waals surface area contributed by atoms with E-state index in [0.717, 1.165) is 9.35 Å². The Morgan fingerprint density at radius 2 is 2.05 bits per heavy atom. The number of rotatable bonds is 3. The minimum atomic E-state index is -0.513. The molecule has 0 aliphatic carbocycles. The van der Waals surface area contributed by atoms with Gasteiger partial charge in [-0.25, -0.2) is 0 Å². The second-order valence-corrected chi connectivity index (χ2v) is 7.72. The Hall–Kier alpha value is -1.25. The molecule has 2 aromatic rings. The summed E-state index contributed by atoms with van der Waals surface area (Å²) in [6.45, 7) is 1.76. The van der Waals surface area contributed by atoms with Crippen molar-refractivity contribution in [2.75, 3.05) is 5.32 Å². The zero-order chi connectivity index (χ0) is 14.9. The first-order valence-corrected chi connectivity index (χ1v) is 7.80. The molecule has 1 amide bonds. The monoisotopic (exact) mass is 418 g/mol. The fourth-order valence-corrected chi connectivity index (χ4v) is 4.38. The maximum Gasteiger partial charge on any atom is 0.293 e. The van der Waals surface area contributed by atoms with Crippen molar-refractivity contribution in [3.05, 3.63) is 53.1 Å². The molecule has 20 heavy (non-hydrogen) atoms. The summed E-state index contributed by atoms with van der Waals surface area (Å²) in [5.41, 5.74) is 1.24. The van der Waals surface area contributed by atoms with Crippen molar-refractivity contribution in [1.29, 1.82) is 0 Å². The number of anilines is 1. The number of amides is 1. The topological polar surface area (TPSA) is 72.2 Å². The number of nitrogens with zero attached hydrogens (tertiary/aromatic N) is 1. The van der Waals surface area contributed by atoms with Gasteiger partial charge in [-0.15, -0.1) is 11.3 Å². The molecule has 1 heterocycles. The third-order valence-corrected chi connectivity index (χ3v) is 4.84. The fraction of sp³-hybridized carbons (Fsp3) is 0.0833. The van der Waals surface area contributed by atoms with E-state index < -0.39 is 10.8 Å². The van der Waals surface area contributed by atoms with E-state index in [-0.39, 0.29) is 11.4 Å². The van der Waals surface area contributed by atoms with Crippen LogP contribution in [0.5, 0.6) is 0 Å². The maximum absolute atomic E-state index is 12.1. The van der Waals surface area contributed by atoms with Crippen molar-refractivity contribution in [1.82, 2.24) is 0 Å². The van der Waals surface area contributed by atoms with E-state index >= 15 is 0 Å². The third-order valence-electron chi connectivity index (χ3n) is 2.50. The molecule has 0 saturated heterocycles. The molecule has 0 aliphatic heterocycles. The Morgan fingerprint density at radius 3 is 2.60 bits per heavy atom. The number of hydrogen-bond donors (Lipinski definition) is 1. The zero-order valence-corrected chi connectivity index (χ0v) is 14.1. The average Bonchev–Trinajstić information content (AvgIpc) is 2.70. The molecule has 0 radical (unpaired) electrons. The SMILES string of the molecule is Cc1ccc(NC(=O)c2cc(Br)sc2Br)c([N+](=O)[O-])c1. The normalized spacial score (nSPS) is 10.3. The van der Waals surface area contributed by atoms with Crippen LogP contribution >= 0.6 is 43.2 Å². The van der Waals surface area contributed by atoms with Crippen LogP contribution in [0, 0.1) is 17.0 Å². The molecule has 0 saturated carbocycles. The van der Waals surface area contributed by atoms with E-state index in [9.17, 15) is 14.9 Å². The minimum Gasteiger partial charge on any atom is -0.316 e. The molecule has 1 N–H and O–H groups in total. The van der Waals surface area contributed by atoms with Crippen LogP contribution in [0.25, 0.3) is 0 Å². The van der Waals surface area contributed by atoms with Crippen molar-refractivity contribution >= 4 is 60.5 Å². The minimum absolute atomic E-state index is 0.122. The first-order chi connectivity index (χ1) is 9.38. The van der Waals surface area contributed by atoms with E-state index in [1.54, 1.807) is 19.1 Å². The second kappa shape index (κ2) is 6.02. The van der Waals surface area contributed by atoms with Crippen LogP contribution in [0.3, 0.4) is 0 Å². The van der Waals surface area contributed by atoms with Crippen LogP contribution in [0.15, 0.2) is 31.8 Å². The fourth-order valence-electron chi connectivity index (χ4n) is 1.58. The van der Waals surface area contributed by atoms with Crippen LogP contribution in [0.1, 0.15) is 15.9 Å². The second-order valence-electron chi connectivity index (χ2n) is 3.97. The number of aryl methyl sites for hydroxylation is 1. The lowest BCUT2D eigenvalue weighted by Crippen LogP contribution is -2.12. The highest BCUT2D eigenvalue weighted by atomic mass is 79.9. The Bertz CT molecular complexity index is 700. The average molecular weight is 420 g/mol. The van der Waals surface area contributed by atoms with Crippen LogP contribution < -0.4 is 5.32 Å². The molecule has 1 aromatic heterocycles. The molecule has 0 spiro atoms. The molecular weight excluding hydrogens is 412 g/mol. The van der Waals surface area contributed by atoms with Gasteiger partial charge >= 0.3 is 0 Å². The molecule has 0 fully saturated rings. The summed E-state index contributed by atoms with van der Waals surface area (Å²) >= 11 is 7.93. The van der Waals surface area contributed by atoms with Crippen LogP contribution in [0.4, 0.5) is 11.4 Å². The van der Waals surface area contributed by atoms with Crippen molar-refractivity contribution in [2.24, 2.45) is 0 Å². The number of nitro benzene ring substituents is 1. The zero-order valence-electron chi connectivity index (χ0n) is 10.1. The van der Waals surface area contributed by atoms with Gasteiger partial charge in [0.15, 0.2) is 0 Å². The van der Waals surface area contributed by atoms with Crippen LogP contribution in [-0.2, 0) is 0 Å². The first kappa shape index (κ1) is 15.1. The molecule has 104 valence electrons. The van der Waals surface area contributed by atoms with Gasteiger partial charge in [0, 0.05) is 6.07 Å². The quantitative estimate of drug-likeness (QED) is 0.576. The molecule has 5 nitrogen and oxygen atoms in total. The Kier molecular flexibility index (Phi) is 4.56. The van der Waals surface area contributed by atoms with Gasteiger partial charge in [0.05, 0.1) is 18.1 Å². The molecule has 0 aliphatic rings. The van der Waals surface area contributed by atoms with Crippen molar-refractivity contribution < 1.29 is 9.72 Å². The summed E-state index contributed by atoms with van der Waals surface area (Å²) < 4.78 is 1.46. The number of nitrogens with one attached hydrogen (secondary N) is 1. The lowest BCUT2D eigenvalue weighted by Gasteiger charge is -2.06. The predicted molar refractivity (Wildman–Crippen MR) is 85.5 cm³/mol. The maximum atomic E-state index is 12.1. The van der Waals surface area contributed by atoms with Crippen molar-refractivity contribution in [3.8, 4) is 0 Å². The van der Waals surface area contributed by atoms with Gasteiger partial charge in [-0.05, 0) is 56.5 Å². The number of hydrogen-bond acceptors (Lipinski definition) is 4.